The number of ether oxygens (including phenoxy) is 1. The van der Waals surface area contributed by atoms with Crippen LogP contribution in [0.4, 0.5) is 0 Å². The Hall–Kier alpha value is -3.10. The van der Waals surface area contributed by atoms with Crippen molar-refractivity contribution in [3.63, 3.8) is 0 Å². The van der Waals surface area contributed by atoms with Crippen molar-refractivity contribution < 1.29 is 4.74 Å². The molecule has 5 heteroatoms. The van der Waals surface area contributed by atoms with Gasteiger partial charge in [-0.3, -0.25) is 0 Å². The highest BCUT2D eigenvalue weighted by atomic mass is 16.5. The van der Waals surface area contributed by atoms with E-state index in [4.69, 9.17) is 14.8 Å². The van der Waals surface area contributed by atoms with Gasteiger partial charge in [0.25, 0.3) is 0 Å². The number of aryl methyl sites for hydroxylation is 5. The third-order valence-corrected chi connectivity index (χ3v) is 5.91. The summed E-state index contributed by atoms with van der Waals surface area (Å²) >= 11 is 0. The molecule has 0 aliphatic carbocycles. The minimum Gasteiger partial charge on any atom is -0.377 e. The van der Waals surface area contributed by atoms with E-state index in [0.29, 0.717) is 13.2 Å². The second-order valence-electron chi connectivity index (χ2n) is 8.88. The molecule has 0 radical (unpaired) electrons. The lowest BCUT2D eigenvalue weighted by Crippen LogP contribution is -2.13. The standard InChI is InChI=1S/C27H32N4O/c1-9-10-22-15-23-20(7)28-26-25(24-18(5)13-17(4)14-19(24)6)21(8)29-31(26)27(23)30(22)11-12-32-16(2)3/h13-16H,11-12H2,1-8H3. The zero-order valence-electron chi connectivity index (χ0n) is 20.4. The van der Waals surface area contributed by atoms with Crippen LogP contribution in [0, 0.1) is 46.5 Å². The average Bonchev–Trinajstić information content (AvgIpc) is 3.20. The summed E-state index contributed by atoms with van der Waals surface area (Å²) in [5.41, 5.74) is 10.9. The number of aromatic nitrogens is 4. The van der Waals surface area contributed by atoms with Crippen LogP contribution in [0.2, 0.25) is 0 Å². The molecule has 0 saturated carbocycles. The second-order valence-corrected chi connectivity index (χ2v) is 8.88. The largest absolute Gasteiger partial charge is 0.377 e. The van der Waals surface area contributed by atoms with Crippen LogP contribution >= 0.6 is 0 Å². The topological polar surface area (TPSA) is 44.4 Å². The number of nitrogens with zero attached hydrogens (tertiary/aromatic N) is 4. The van der Waals surface area contributed by atoms with E-state index in [2.05, 4.69) is 83.1 Å². The van der Waals surface area contributed by atoms with E-state index >= 15 is 0 Å². The summed E-state index contributed by atoms with van der Waals surface area (Å²) < 4.78 is 10.1. The number of fused-ring (bicyclic) bond motifs is 3. The van der Waals surface area contributed by atoms with Crippen molar-refractivity contribution in [2.45, 2.75) is 68.0 Å². The van der Waals surface area contributed by atoms with Crippen molar-refractivity contribution in [1.82, 2.24) is 19.2 Å². The Kier molecular flexibility index (Phi) is 5.83. The van der Waals surface area contributed by atoms with Gasteiger partial charge in [0.1, 0.15) is 5.65 Å². The molecular formula is C27H32N4O. The Bertz CT molecular complexity index is 1370. The van der Waals surface area contributed by atoms with Crippen LogP contribution in [-0.2, 0) is 11.3 Å². The van der Waals surface area contributed by atoms with Gasteiger partial charge in [0.05, 0.1) is 35.4 Å². The summed E-state index contributed by atoms with van der Waals surface area (Å²) in [5.74, 6) is 6.31. The first-order valence-corrected chi connectivity index (χ1v) is 11.2. The number of rotatable bonds is 5. The van der Waals surface area contributed by atoms with Crippen LogP contribution in [0.1, 0.15) is 54.5 Å². The molecule has 0 spiro atoms. The second kappa shape index (κ2) is 8.44. The molecule has 0 atom stereocenters. The maximum Gasteiger partial charge on any atom is 0.165 e. The van der Waals surface area contributed by atoms with Gasteiger partial charge in [-0.2, -0.15) is 9.61 Å². The Labute approximate surface area is 190 Å². The Morgan fingerprint density at radius 3 is 2.28 bits per heavy atom. The van der Waals surface area contributed by atoms with E-state index in [0.717, 1.165) is 39.3 Å². The minimum absolute atomic E-state index is 0.187. The van der Waals surface area contributed by atoms with E-state index in [9.17, 15) is 0 Å². The van der Waals surface area contributed by atoms with Gasteiger partial charge in [-0.25, -0.2) is 4.98 Å². The van der Waals surface area contributed by atoms with E-state index < -0.39 is 0 Å². The molecule has 166 valence electrons. The van der Waals surface area contributed by atoms with E-state index in [1.807, 2.05) is 11.4 Å². The lowest BCUT2D eigenvalue weighted by atomic mass is 9.94. The number of hydrogen-bond donors (Lipinski definition) is 0. The predicted octanol–water partition coefficient (Wildman–Crippen LogP) is 5.69. The Morgan fingerprint density at radius 1 is 0.969 bits per heavy atom. The van der Waals surface area contributed by atoms with E-state index in [1.54, 1.807) is 0 Å². The molecule has 0 N–H and O–H groups in total. The molecule has 32 heavy (non-hydrogen) atoms. The molecule has 0 fully saturated rings. The molecule has 0 saturated heterocycles. The molecule has 0 amide bonds. The molecular weight excluding hydrogens is 396 g/mol. The molecule has 1 aromatic carbocycles. The normalized spacial score (nSPS) is 11.5. The van der Waals surface area contributed by atoms with Crippen molar-refractivity contribution in [2.75, 3.05) is 6.61 Å². The van der Waals surface area contributed by atoms with Crippen molar-refractivity contribution >= 4 is 16.7 Å². The summed E-state index contributed by atoms with van der Waals surface area (Å²) in [6.07, 6.45) is 0.187. The van der Waals surface area contributed by atoms with Crippen LogP contribution in [0.25, 0.3) is 27.8 Å². The van der Waals surface area contributed by atoms with Gasteiger partial charge in [-0.05, 0) is 84.1 Å². The van der Waals surface area contributed by atoms with Gasteiger partial charge in [0.15, 0.2) is 5.65 Å². The molecule has 4 aromatic rings. The highest BCUT2D eigenvalue weighted by Crippen LogP contribution is 2.35. The van der Waals surface area contributed by atoms with E-state index in [1.165, 1.54) is 22.3 Å². The van der Waals surface area contributed by atoms with Crippen molar-refractivity contribution in [3.05, 3.63) is 52.0 Å². The highest BCUT2D eigenvalue weighted by Gasteiger charge is 2.22. The van der Waals surface area contributed by atoms with Crippen LogP contribution in [0.15, 0.2) is 18.2 Å². The molecule has 0 unspecified atom stereocenters. The van der Waals surface area contributed by atoms with E-state index in [-0.39, 0.29) is 6.10 Å². The van der Waals surface area contributed by atoms with Crippen molar-refractivity contribution in [3.8, 4) is 23.0 Å². The summed E-state index contributed by atoms with van der Waals surface area (Å²) in [5, 5.41) is 6.06. The van der Waals surface area contributed by atoms with Gasteiger partial charge in [-0.15, -0.1) is 0 Å². The maximum absolute atomic E-state index is 5.87. The zero-order valence-corrected chi connectivity index (χ0v) is 20.4. The highest BCUT2D eigenvalue weighted by molar-refractivity contribution is 5.90. The Morgan fingerprint density at radius 2 is 1.66 bits per heavy atom. The molecule has 0 bridgehead atoms. The molecule has 5 nitrogen and oxygen atoms in total. The maximum atomic E-state index is 5.87. The SMILES string of the molecule is CC#Cc1cc2c(C)nc3c(-c4c(C)cc(C)cc4C)c(C)nn3c2n1CCOC(C)C. The molecule has 0 aliphatic rings. The van der Waals surface area contributed by atoms with Gasteiger partial charge in [-0.1, -0.05) is 23.6 Å². The first-order chi connectivity index (χ1) is 15.2. The fraction of sp³-hybridized carbons (Fsp3) is 0.407. The summed E-state index contributed by atoms with van der Waals surface area (Å²) in [6, 6.07) is 6.59. The first-order valence-electron chi connectivity index (χ1n) is 11.2. The lowest BCUT2D eigenvalue weighted by Gasteiger charge is -2.13. The summed E-state index contributed by atoms with van der Waals surface area (Å²) in [7, 11) is 0. The smallest absolute Gasteiger partial charge is 0.165 e. The Balaban J connectivity index is 2.04. The molecule has 4 rings (SSSR count). The zero-order chi connectivity index (χ0) is 23.2. The average molecular weight is 429 g/mol. The van der Waals surface area contributed by atoms with Gasteiger partial charge in [0, 0.05) is 11.9 Å². The monoisotopic (exact) mass is 428 g/mol. The van der Waals surface area contributed by atoms with Gasteiger partial charge in [0.2, 0.25) is 0 Å². The van der Waals surface area contributed by atoms with Gasteiger partial charge < -0.3 is 9.30 Å². The number of hydrogen-bond acceptors (Lipinski definition) is 3. The number of benzene rings is 1. The molecule has 3 aromatic heterocycles. The summed E-state index contributed by atoms with van der Waals surface area (Å²) in [4.78, 5) is 5.04. The molecule has 3 heterocycles. The third kappa shape index (κ3) is 3.69. The van der Waals surface area contributed by atoms with Crippen LogP contribution in [0.5, 0.6) is 0 Å². The predicted molar refractivity (Wildman–Crippen MR) is 131 cm³/mol. The lowest BCUT2D eigenvalue weighted by molar-refractivity contribution is 0.0731. The minimum atomic E-state index is 0.187. The quantitative estimate of drug-likeness (QED) is 0.384. The fourth-order valence-electron chi connectivity index (χ4n) is 4.72. The van der Waals surface area contributed by atoms with Crippen LogP contribution < -0.4 is 0 Å². The first kappa shape index (κ1) is 22.1. The van der Waals surface area contributed by atoms with Gasteiger partial charge >= 0.3 is 0 Å². The van der Waals surface area contributed by atoms with Crippen LogP contribution in [0.3, 0.4) is 0 Å². The molecule has 0 aliphatic heterocycles. The van der Waals surface area contributed by atoms with Crippen LogP contribution in [-0.4, -0.2) is 31.9 Å². The summed E-state index contributed by atoms with van der Waals surface area (Å²) in [6.45, 7) is 17.9. The fourth-order valence-corrected chi connectivity index (χ4v) is 4.72. The van der Waals surface area contributed by atoms with Crippen molar-refractivity contribution in [2.24, 2.45) is 0 Å². The third-order valence-electron chi connectivity index (χ3n) is 5.91. The van der Waals surface area contributed by atoms with Crippen molar-refractivity contribution in [1.29, 1.82) is 0 Å².